The minimum absolute atomic E-state index is 0. The van der Waals surface area contributed by atoms with Gasteiger partial charge in [-0.25, -0.2) is 0 Å². The zero-order chi connectivity index (χ0) is 17.3. The number of carbonyl (C=O) groups is 2. The summed E-state index contributed by atoms with van der Waals surface area (Å²) in [6.07, 6.45) is 7.03. The largest absolute Gasteiger partial charge is 0.342 e. The number of carbonyl (C=O) groups excluding carboxylic acids is 2. The predicted molar refractivity (Wildman–Crippen MR) is 101 cm³/mol. The van der Waals surface area contributed by atoms with Crippen molar-refractivity contribution >= 4 is 24.2 Å². The average Bonchev–Trinajstić information content (AvgIpc) is 2.97. The molecule has 0 aromatic heterocycles. The lowest BCUT2D eigenvalue weighted by atomic mass is 9.86. The Morgan fingerprint density at radius 1 is 1.12 bits per heavy atom. The maximum atomic E-state index is 12.8. The van der Waals surface area contributed by atoms with Crippen LogP contribution in [-0.4, -0.2) is 53.3 Å². The summed E-state index contributed by atoms with van der Waals surface area (Å²) in [6.45, 7) is 6.60. The van der Waals surface area contributed by atoms with Gasteiger partial charge in [0.05, 0.1) is 5.92 Å². The summed E-state index contributed by atoms with van der Waals surface area (Å²) < 4.78 is 0. The SMILES string of the molecule is CC1CCC(N2CC(C(=O)N3CCC(C(C)N)CC3)CC2=O)CC1.Cl. The van der Waals surface area contributed by atoms with E-state index in [9.17, 15) is 9.59 Å². The normalized spacial score (nSPS) is 32.4. The van der Waals surface area contributed by atoms with E-state index in [4.69, 9.17) is 5.73 Å². The first-order chi connectivity index (χ1) is 11.5. The number of hydrogen-bond acceptors (Lipinski definition) is 3. The molecular formula is C19H34ClN3O2. The number of hydrogen-bond donors (Lipinski definition) is 1. The number of rotatable bonds is 3. The third kappa shape index (κ3) is 4.68. The van der Waals surface area contributed by atoms with E-state index in [1.165, 1.54) is 12.8 Å². The van der Waals surface area contributed by atoms with Crippen LogP contribution in [0, 0.1) is 17.8 Å². The fraction of sp³-hybridized carbons (Fsp3) is 0.895. The number of amides is 2. The minimum Gasteiger partial charge on any atom is -0.342 e. The van der Waals surface area contributed by atoms with E-state index in [0.29, 0.717) is 24.9 Å². The fourth-order valence-electron chi connectivity index (χ4n) is 4.71. The lowest BCUT2D eigenvalue weighted by molar-refractivity contribution is -0.137. The van der Waals surface area contributed by atoms with Crippen molar-refractivity contribution in [2.24, 2.45) is 23.5 Å². The smallest absolute Gasteiger partial charge is 0.227 e. The second-order valence-electron chi connectivity index (χ2n) is 8.38. The number of halogens is 1. The molecule has 0 aromatic carbocycles. The molecule has 2 saturated heterocycles. The van der Waals surface area contributed by atoms with E-state index in [1.807, 2.05) is 9.80 Å². The highest BCUT2D eigenvalue weighted by atomic mass is 35.5. The topological polar surface area (TPSA) is 66.6 Å². The van der Waals surface area contributed by atoms with Crippen molar-refractivity contribution in [3.8, 4) is 0 Å². The molecule has 1 saturated carbocycles. The van der Waals surface area contributed by atoms with E-state index in [0.717, 1.165) is 44.7 Å². The highest BCUT2D eigenvalue weighted by molar-refractivity contribution is 5.89. The third-order valence-corrected chi connectivity index (χ3v) is 6.53. The summed E-state index contributed by atoms with van der Waals surface area (Å²) in [4.78, 5) is 29.2. The number of nitrogens with two attached hydrogens (primary N) is 1. The molecule has 0 spiro atoms. The van der Waals surface area contributed by atoms with Crippen LogP contribution in [-0.2, 0) is 9.59 Å². The van der Waals surface area contributed by atoms with Gasteiger partial charge in [-0.1, -0.05) is 6.92 Å². The van der Waals surface area contributed by atoms with Crippen LogP contribution in [0.15, 0.2) is 0 Å². The molecule has 2 atom stereocenters. The maximum Gasteiger partial charge on any atom is 0.227 e. The molecule has 0 radical (unpaired) electrons. The van der Waals surface area contributed by atoms with Crippen molar-refractivity contribution in [3.05, 3.63) is 0 Å². The van der Waals surface area contributed by atoms with Gasteiger partial charge in [-0.2, -0.15) is 0 Å². The van der Waals surface area contributed by atoms with E-state index < -0.39 is 0 Å². The van der Waals surface area contributed by atoms with Gasteiger partial charge >= 0.3 is 0 Å². The summed E-state index contributed by atoms with van der Waals surface area (Å²) in [5.74, 6) is 1.57. The standard InChI is InChI=1S/C19H33N3O2.ClH/c1-13-3-5-17(6-4-13)22-12-16(11-18(22)23)19(24)21-9-7-15(8-10-21)14(2)20;/h13-17H,3-12,20H2,1-2H3;1H. The van der Waals surface area contributed by atoms with Gasteiger partial charge in [-0.05, 0) is 57.3 Å². The Labute approximate surface area is 158 Å². The van der Waals surface area contributed by atoms with Gasteiger partial charge in [-0.15, -0.1) is 12.4 Å². The Morgan fingerprint density at radius 2 is 1.72 bits per heavy atom. The number of piperidine rings is 1. The highest BCUT2D eigenvalue weighted by Crippen LogP contribution is 2.32. The Kier molecular flexibility index (Phi) is 7.15. The summed E-state index contributed by atoms with van der Waals surface area (Å²) in [7, 11) is 0. The fourth-order valence-corrected chi connectivity index (χ4v) is 4.71. The van der Waals surface area contributed by atoms with Crippen LogP contribution in [0.4, 0.5) is 0 Å². The van der Waals surface area contributed by atoms with Crippen LogP contribution in [0.3, 0.4) is 0 Å². The van der Waals surface area contributed by atoms with Crippen LogP contribution >= 0.6 is 12.4 Å². The molecule has 2 unspecified atom stereocenters. The molecular weight excluding hydrogens is 338 g/mol. The summed E-state index contributed by atoms with van der Waals surface area (Å²) >= 11 is 0. The molecule has 6 heteroatoms. The first kappa shape index (κ1) is 20.5. The first-order valence-corrected chi connectivity index (χ1v) is 9.79. The summed E-state index contributed by atoms with van der Waals surface area (Å²) in [5, 5.41) is 0. The van der Waals surface area contributed by atoms with Crippen molar-refractivity contribution in [2.45, 2.75) is 70.9 Å². The number of likely N-dealkylation sites (tertiary alicyclic amines) is 2. The molecule has 2 heterocycles. The van der Waals surface area contributed by atoms with Crippen LogP contribution < -0.4 is 5.73 Å². The van der Waals surface area contributed by atoms with Crippen molar-refractivity contribution in [2.75, 3.05) is 19.6 Å². The predicted octanol–water partition coefficient (Wildman–Crippen LogP) is 2.42. The summed E-state index contributed by atoms with van der Waals surface area (Å²) in [5.41, 5.74) is 5.98. The first-order valence-electron chi connectivity index (χ1n) is 9.79. The molecule has 0 aromatic rings. The van der Waals surface area contributed by atoms with Crippen molar-refractivity contribution < 1.29 is 9.59 Å². The molecule has 2 aliphatic heterocycles. The molecule has 2 amide bonds. The molecule has 2 N–H and O–H groups in total. The molecule has 0 bridgehead atoms. The summed E-state index contributed by atoms with van der Waals surface area (Å²) in [6, 6.07) is 0.579. The van der Waals surface area contributed by atoms with E-state index in [-0.39, 0.29) is 36.2 Å². The maximum absolute atomic E-state index is 12.8. The quantitative estimate of drug-likeness (QED) is 0.828. The van der Waals surface area contributed by atoms with Crippen LogP contribution in [0.5, 0.6) is 0 Å². The molecule has 1 aliphatic carbocycles. The van der Waals surface area contributed by atoms with Gasteiger partial charge in [0.2, 0.25) is 11.8 Å². The Balaban J connectivity index is 0.00000225. The Morgan fingerprint density at radius 3 is 2.28 bits per heavy atom. The van der Waals surface area contributed by atoms with Gasteiger partial charge < -0.3 is 15.5 Å². The lowest BCUT2D eigenvalue weighted by Gasteiger charge is -2.36. The lowest BCUT2D eigenvalue weighted by Crippen LogP contribution is -2.45. The van der Waals surface area contributed by atoms with Crippen LogP contribution in [0.1, 0.15) is 58.8 Å². The third-order valence-electron chi connectivity index (χ3n) is 6.53. The Hall–Kier alpha value is -0.810. The van der Waals surface area contributed by atoms with Crippen LogP contribution in [0.2, 0.25) is 0 Å². The Bertz CT molecular complexity index is 469. The zero-order valence-corrected chi connectivity index (χ0v) is 16.5. The molecule has 3 aliphatic rings. The van der Waals surface area contributed by atoms with Crippen LogP contribution in [0.25, 0.3) is 0 Å². The molecule has 3 fully saturated rings. The van der Waals surface area contributed by atoms with Crippen molar-refractivity contribution in [1.29, 1.82) is 0 Å². The van der Waals surface area contributed by atoms with Gasteiger partial charge in [0.15, 0.2) is 0 Å². The van der Waals surface area contributed by atoms with E-state index in [2.05, 4.69) is 13.8 Å². The van der Waals surface area contributed by atoms with Gasteiger partial charge in [-0.3, -0.25) is 9.59 Å². The second kappa shape index (κ2) is 8.72. The van der Waals surface area contributed by atoms with Gasteiger partial charge in [0.25, 0.3) is 0 Å². The average molecular weight is 372 g/mol. The molecule has 25 heavy (non-hydrogen) atoms. The van der Waals surface area contributed by atoms with Crippen molar-refractivity contribution in [3.63, 3.8) is 0 Å². The minimum atomic E-state index is -0.122. The number of nitrogens with zero attached hydrogens (tertiary/aromatic N) is 2. The molecule has 5 nitrogen and oxygen atoms in total. The molecule has 144 valence electrons. The van der Waals surface area contributed by atoms with E-state index >= 15 is 0 Å². The zero-order valence-electron chi connectivity index (χ0n) is 15.7. The van der Waals surface area contributed by atoms with Gasteiger partial charge in [0, 0.05) is 38.1 Å². The molecule has 3 rings (SSSR count). The second-order valence-corrected chi connectivity index (χ2v) is 8.38. The van der Waals surface area contributed by atoms with Gasteiger partial charge in [0.1, 0.15) is 0 Å². The highest BCUT2D eigenvalue weighted by Gasteiger charge is 2.40. The van der Waals surface area contributed by atoms with E-state index in [1.54, 1.807) is 0 Å². The monoisotopic (exact) mass is 371 g/mol. The van der Waals surface area contributed by atoms with Crippen molar-refractivity contribution in [1.82, 2.24) is 9.80 Å².